The third kappa shape index (κ3) is 2.78. The van der Waals surface area contributed by atoms with Crippen molar-refractivity contribution in [1.82, 2.24) is 14.7 Å². The number of hydrogen-bond acceptors (Lipinski definition) is 3. The van der Waals surface area contributed by atoms with Gasteiger partial charge in [-0.2, -0.15) is 5.10 Å². The van der Waals surface area contributed by atoms with Gasteiger partial charge in [-0.25, -0.2) is 0 Å². The number of nitrogens with zero attached hydrogens (tertiary/aromatic N) is 3. The van der Waals surface area contributed by atoms with Crippen molar-refractivity contribution in [3.63, 3.8) is 0 Å². The summed E-state index contributed by atoms with van der Waals surface area (Å²) in [6.07, 6.45) is 1.80. The lowest BCUT2D eigenvalue weighted by atomic mass is 10.1. The van der Waals surface area contributed by atoms with E-state index in [0.717, 1.165) is 49.2 Å². The first-order valence-electron chi connectivity index (χ1n) is 6.65. The van der Waals surface area contributed by atoms with E-state index in [4.69, 9.17) is 0 Å². The van der Waals surface area contributed by atoms with Crippen LogP contribution in [0.5, 0.6) is 0 Å². The molecule has 1 aromatic rings. The quantitative estimate of drug-likeness (QED) is 0.926. The molecule has 1 atom stereocenters. The van der Waals surface area contributed by atoms with E-state index in [-0.39, 0.29) is 0 Å². The molecule has 0 spiro atoms. The van der Waals surface area contributed by atoms with Crippen LogP contribution in [-0.2, 0) is 19.5 Å². The van der Waals surface area contributed by atoms with Crippen molar-refractivity contribution in [2.75, 3.05) is 13.1 Å². The number of hydrogen-bond donors (Lipinski definition) is 1. The van der Waals surface area contributed by atoms with Gasteiger partial charge in [-0.15, -0.1) is 0 Å². The lowest BCUT2D eigenvalue weighted by Gasteiger charge is -2.19. The SMILES string of the molecule is CCc1nn(CC)c(CN2CCC(C)(O)C2)c1Br. The predicted molar refractivity (Wildman–Crippen MR) is 75.5 cm³/mol. The van der Waals surface area contributed by atoms with Crippen LogP contribution in [0.1, 0.15) is 38.6 Å². The van der Waals surface area contributed by atoms with E-state index in [9.17, 15) is 5.11 Å². The molecule has 0 bridgehead atoms. The summed E-state index contributed by atoms with van der Waals surface area (Å²) in [5, 5.41) is 14.6. The van der Waals surface area contributed by atoms with Crippen molar-refractivity contribution < 1.29 is 5.11 Å². The molecular weight excluding hydrogens is 294 g/mol. The predicted octanol–water partition coefficient (Wildman–Crippen LogP) is 2.18. The summed E-state index contributed by atoms with van der Waals surface area (Å²) >= 11 is 3.67. The molecule has 2 rings (SSSR count). The molecule has 4 nitrogen and oxygen atoms in total. The summed E-state index contributed by atoms with van der Waals surface area (Å²) in [4.78, 5) is 2.30. The molecule has 0 amide bonds. The maximum Gasteiger partial charge on any atom is 0.0767 e. The Bertz CT molecular complexity index is 428. The molecule has 0 radical (unpaired) electrons. The molecule has 1 aromatic heterocycles. The Balaban J connectivity index is 2.16. The van der Waals surface area contributed by atoms with E-state index in [1.807, 2.05) is 6.92 Å². The zero-order chi connectivity index (χ0) is 13.3. The second-order valence-electron chi connectivity index (χ2n) is 5.33. The van der Waals surface area contributed by atoms with Crippen molar-refractivity contribution in [3.8, 4) is 0 Å². The van der Waals surface area contributed by atoms with E-state index in [2.05, 4.69) is 44.5 Å². The fourth-order valence-corrected chi connectivity index (χ4v) is 3.24. The first-order valence-corrected chi connectivity index (χ1v) is 7.45. The van der Waals surface area contributed by atoms with Gasteiger partial charge in [0.05, 0.1) is 21.5 Å². The van der Waals surface area contributed by atoms with Gasteiger partial charge in [-0.1, -0.05) is 6.92 Å². The number of aryl methyl sites for hydroxylation is 2. The third-order valence-corrected chi connectivity index (χ3v) is 4.51. The van der Waals surface area contributed by atoms with Crippen LogP contribution in [0.3, 0.4) is 0 Å². The lowest BCUT2D eigenvalue weighted by Crippen LogP contribution is -2.30. The molecule has 5 heteroatoms. The van der Waals surface area contributed by atoms with Crippen molar-refractivity contribution in [3.05, 3.63) is 15.9 Å². The monoisotopic (exact) mass is 315 g/mol. The second kappa shape index (κ2) is 5.31. The molecule has 1 N–H and O–H groups in total. The fourth-order valence-electron chi connectivity index (χ4n) is 2.55. The van der Waals surface area contributed by atoms with E-state index >= 15 is 0 Å². The molecular formula is C13H22BrN3O. The largest absolute Gasteiger partial charge is 0.389 e. The van der Waals surface area contributed by atoms with Gasteiger partial charge in [0.1, 0.15) is 0 Å². The Morgan fingerprint density at radius 2 is 2.17 bits per heavy atom. The fraction of sp³-hybridized carbons (Fsp3) is 0.769. The Morgan fingerprint density at radius 1 is 1.44 bits per heavy atom. The summed E-state index contributed by atoms with van der Waals surface area (Å²) in [5.41, 5.74) is 1.82. The molecule has 102 valence electrons. The van der Waals surface area contributed by atoms with E-state index in [0.29, 0.717) is 0 Å². The van der Waals surface area contributed by atoms with Gasteiger partial charge in [0.15, 0.2) is 0 Å². The van der Waals surface area contributed by atoms with Gasteiger partial charge in [0, 0.05) is 26.2 Å². The Hall–Kier alpha value is -0.390. The Labute approximate surface area is 117 Å². The van der Waals surface area contributed by atoms with Crippen LogP contribution in [0.2, 0.25) is 0 Å². The topological polar surface area (TPSA) is 41.3 Å². The van der Waals surface area contributed by atoms with Crippen molar-refractivity contribution >= 4 is 15.9 Å². The highest BCUT2D eigenvalue weighted by atomic mass is 79.9. The van der Waals surface area contributed by atoms with E-state index in [1.54, 1.807) is 0 Å². The average Bonchev–Trinajstić information content (AvgIpc) is 2.81. The summed E-state index contributed by atoms with van der Waals surface area (Å²) < 4.78 is 3.20. The van der Waals surface area contributed by atoms with Gasteiger partial charge in [-0.3, -0.25) is 9.58 Å². The standard InChI is InChI=1S/C13H22BrN3O/c1-4-10-12(14)11(17(5-2)15-10)8-16-7-6-13(3,18)9-16/h18H,4-9H2,1-3H3. The maximum absolute atomic E-state index is 10.0. The molecule has 1 saturated heterocycles. The highest BCUT2D eigenvalue weighted by molar-refractivity contribution is 9.10. The molecule has 0 aromatic carbocycles. The smallest absolute Gasteiger partial charge is 0.0767 e. The van der Waals surface area contributed by atoms with Crippen LogP contribution in [0.4, 0.5) is 0 Å². The molecule has 2 heterocycles. The summed E-state index contributed by atoms with van der Waals surface area (Å²) in [7, 11) is 0. The Morgan fingerprint density at radius 3 is 2.67 bits per heavy atom. The zero-order valence-electron chi connectivity index (χ0n) is 11.4. The maximum atomic E-state index is 10.0. The number of halogens is 1. The normalized spacial score (nSPS) is 24.9. The summed E-state index contributed by atoms with van der Waals surface area (Å²) in [6.45, 7) is 9.60. The van der Waals surface area contributed by atoms with Gasteiger partial charge in [0.25, 0.3) is 0 Å². The van der Waals surface area contributed by atoms with E-state index < -0.39 is 5.60 Å². The number of rotatable bonds is 4. The number of aromatic nitrogens is 2. The average molecular weight is 316 g/mol. The van der Waals surface area contributed by atoms with Crippen LogP contribution >= 0.6 is 15.9 Å². The van der Waals surface area contributed by atoms with Crippen LogP contribution < -0.4 is 0 Å². The molecule has 1 fully saturated rings. The summed E-state index contributed by atoms with van der Waals surface area (Å²) in [5.74, 6) is 0. The minimum atomic E-state index is -0.531. The number of likely N-dealkylation sites (tertiary alicyclic amines) is 1. The van der Waals surface area contributed by atoms with Gasteiger partial charge in [0.2, 0.25) is 0 Å². The first-order chi connectivity index (χ1) is 8.46. The van der Waals surface area contributed by atoms with E-state index in [1.165, 1.54) is 5.69 Å². The van der Waals surface area contributed by atoms with Crippen molar-refractivity contribution in [2.45, 2.75) is 52.3 Å². The zero-order valence-corrected chi connectivity index (χ0v) is 13.0. The minimum Gasteiger partial charge on any atom is -0.389 e. The van der Waals surface area contributed by atoms with Gasteiger partial charge >= 0.3 is 0 Å². The lowest BCUT2D eigenvalue weighted by molar-refractivity contribution is 0.0675. The summed E-state index contributed by atoms with van der Waals surface area (Å²) in [6, 6.07) is 0. The van der Waals surface area contributed by atoms with Crippen LogP contribution in [0.15, 0.2) is 4.47 Å². The molecule has 1 unspecified atom stereocenters. The van der Waals surface area contributed by atoms with Crippen molar-refractivity contribution in [1.29, 1.82) is 0 Å². The van der Waals surface area contributed by atoms with Crippen LogP contribution in [-0.4, -0.2) is 38.5 Å². The molecule has 0 aliphatic carbocycles. The molecule has 1 aliphatic rings. The van der Waals surface area contributed by atoms with Crippen LogP contribution in [0.25, 0.3) is 0 Å². The number of aliphatic hydroxyl groups is 1. The first kappa shape index (κ1) is 14.0. The van der Waals surface area contributed by atoms with Gasteiger partial charge in [-0.05, 0) is 42.6 Å². The highest BCUT2D eigenvalue weighted by Gasteiger charge is 2.32. The third-order valence-electron chi connectivity index (χ3n) is 3.60. The second-order valence-corrected chi connectivity index (χ2v) is 6.13. The highest BCUT2D eigenvalue weighted by Crippen LogP contribution is 2.27. The minimum absolute atomic E-state index is 0.531. The molecule has 0 saturated carbocycles. The molecule has 1 aliphatic heterocycles. The Kier molecular flexibility index (Phi) is 4.14. The van der Waals surface area contributed by atoms with Crippen molar-refractivity contribution in [2.24, 2.45) is 0 Å². The molecule has 18 heavy (non-hydrogen) atoms. The number of β-amino-alcohol motifs (C(OH)–C–C–N with tert-alkyl or cyclic N) is 1. The van der Waals surface area contributed by atoms with Crippen LogP contribution in [0, 0.1) is 0 Å². The van der Waals surface area contributed by atoms with Gasteiger partial charge < -0.3 is 5.11 Å².